The second kappa shape index (κ2) is 8.20. The monoisotopic (exact) mass is 435 g/mol. The van der Waals surface area contributed by atoms with Gasteiger partial charge in [-0.3, -0.25) is 14.4 Å². The minimum atomic E-state index is -0.615. The van der Waals surface area contributed by atoms with E-state index in [4.69, 9.17) is 0 Å². The van der Waals surface area contributed by atoms with Crippen LogP contribution in [0.5, 0.6) is 0 Å². The fourth-order valence-corrected chi connectivity index (χ4v) is 5.66. The Bertz CT molecular complexity index is 1080. The molecule has 2 aromatic rings. The first-order chi connectivity index (χ1) is 15.5. The van der Waals surface area contributed by atoms with Gasteiger partial charge in [0, 0.05) is 36.7 Å². The van der Waals surface area contributed by atoms with Gasteiger partial charge >= 0.3 is 0 Å². The van der Waals surface area contributed by atoms with Crippen molar-refractivity contribution in [1.29, 1.82) is 0 Å². The van der Waals surface area contributed by atoms with Crippen molar-refractivity contribution in [1.82, 2.24) is 14.8 Å². The van der Waals surface area contributed by atoms with Crippen LogP contribution < -0.4 is 10.9 Å². The molecule has 1 aliphatic carbocycles. The number of hydrogen-bond acceptors (Lipinski definition) is 4. The first-order valence-corrected chi connectivity index (χ1v) is 11.5. The van der Waals surface area contributed by atoms with Crippen LogP contribution in [0.2, 0.25) is 0 Å². The highest BCUT2D eigenvalue weighted by molar-refractivity contribution is 5.86. The number of carbonyl (C=O) groups is 2. The number of pyridine rings is 1. The quantitative estimate of drug-likeness (QED) is 0.752. The molecule has 2 fully saturated rings. The van der Waals surface area contributed by atoms with E-state index in [9.17, 15) is 19.5 Å². The zero-order valence-electron chi connectivity index (χ0n) is 18.2. The van der Waals surface area contributed by atoms with E-state index in [1.54, 1.807) is 10.6 Å². The molecule has 7 nitrogen and oxygen atoms in total. The van der Waals surface area contributed by atoms with E-state index in [1.165, 1.54) is 6.07 Å². The van der Waals surface area contributed by atoms with Crippen LogP contribution in [0.25, 0.3) is 0 Å². The van der Waals surface area contributed by atoms with Gasteiger partial charge in [0.05, 0.1) is 24.0 Å². The summed E-state index contributed by atoms with van der Waals surface area (Å²) in [5.41, 5.74) is 1.54. The molecule has 32 heavy (non-hydrogen) atoms. The van der Waals surface area contributed by atoms with Gasteiger partial charge in [-0.2, -0.15) is 0 Å². The van der Waals surface area contributed by atoms with Crippen LogP contribution in [0, 0.1) is 17.8 Å². The molecule has 1 aromatic heterocycles. The van der Waals surface area contributed by atoms with E-state index >= 15 is 0 Å². The molecule has 1 saturated heterocycles. The summed E-state index contributed by atoms with van der Waals surface area (Å²) in [5.74, 6) is -1.20. The molecule has 3 aliphatic rings. The molecule has 7 heteroatoms. The van der Waals surface area contributed by atoms with E-state index in [0.717, 1.165) is 24.8 Å². The van der Waals surface area contributed by atoms with Gasteiger partial charge in [-0.25, -0.2) is 0 Å². The van der Waals surface area contributed by atoms with Crippen LogP contribution in [0.1, 0.15) is 49.5 Å². The minimum Gasteiger partial charge on any atom is -0.396 e. The third-order valence-electron chi connectivity index (χ3n) is 7.59. The molecule has 168 valence electrons. The van der Waals surface area contributed by atoms with Crippen molar-refractivity contribution in [3.05, 3.63) is 70.1 Å². The number of benzene rings is 1. The second-order valence-corrected chi connectivity index (χ2v) is 9.30. The number of carbonyl (C=O) groups excluding carboxylic acids is 2. The maximum atomic E-state index is 13.6. The molecule has 0 unspecified atom stereocenters. The Balaban J connectivity index is 1.53. The molecule has 2 aliphatic heterocycles. The van der Waals surface area contributed by atoms with E-state index in [2.05, 4.69) is 5.32 Å². The molecule has 2 N–H and O–H groups in total. The van der Waals surface area contributed by atoms with Gasteiger partial charge in [0.15, 0.2) is 0 Å². The number of nitrogens with zero attached hydrogens (tertiary/aromatic N) is 2. The van der Waals surface area contributed by atoms with Gasteiger partial charge in [-0.05, 0) is 31.4 Å². The van der Waals surface area contributed by atoms with Gasteiger partial charge in [0.2, 0.25) is 11.8 Å². The lowest BCUT2D eigenvalue weighted by atomic mass is 9.83. The van der Waals surface area contributed by atoms with Gasteiger partial charge < -0.3 is 19.9 Å². The normalized spacial score (nSPS) is 27.4. The zero-order chi connectivity index (χ0) is 22.4. The first kappa shape index (κ1) is 20.9. The number of rotatable bonds is 5. The van der Waals surface area contributed by atoms with Crippen molar-refractivity contribution < 1.29 is 14.7 Å². The fourth-order valence-electron chi connectivity index (χ4n) is 5.66. The average Bonchev–Trinajstić information content (AvgIpc) is 3.00. The van der Waals surface area contributed by atoms with Gasteiger partial charge in [-0.15, -0.1) is 0 Å². The maximum absolute atomic E-state index is 13.6. The number of aromatic nitrogens is 1. The van der Waals surface area contributed by atoms with Gasteiger partial charge in [-0.1, -0.05) is 42.8 Å². The smallest absolute Gasteiger partial charge is 0.250 e. The third-order valence-corrected chi connectivity index (χ3v) is 7.59. The lowest BCUT2D eigenvalue weighted by molar-refractivity contribution is -0.143. The Morgan fingerprint density at radius 3 is 2.53 bits per heavy atom. The largest absolute Gasteiger partial charge is 0.396 e. The summed E-state index contributed by atoms with van der Waals surface area (Å²) in [6, 6.07) is 13.6. The lowest BCUT2D eigenvalue weighted by Gasteiger charge is -2.41. The van der Waals surface area contributed by atoms with Crippen molar-refractivity contribution in [2.75, 3.05) is 6.61 Å². The standard InChI is InChI=1S/C25H29N3O4/c1-15(16-7-3-2-4-8-16)26-24(31)22-18(14-29)20-13-27-19(11-6-12-21(27)30)23(22)28(20)25(32)17-9-5-10-17/h2-4,6-8,11-12,15,17-18,20,22-23,29H,5,9-10,13-14H2,1H3,(H,26,31)/t15-,18-,20-,22+,23+/m1/s1. The summed E-state index contributed by atoms with van der Waals surface area (Å²) in [6.45, 7) is 2.03. The number of nitrogens with one attached hydrogen (secondary N) is 1. The predicted molar refractivity (Wildman–Crippen MR) is 118 cm³/mol. The van der Waals surface area contributed by atoms with Crippen molar-refractivity contribution in [2.45, 2.75) is 50.9 Å². The summed E-state index contributed by atoms with van der Waals surface area (Å²) in [4.78, 5) is 41.5. The number of amides is 2. The molecule has 5 atom stereocenters. The molecule has 5 rings (SSSR count). The molecular formula is C25H29N3O4. The van der Waals surface area contributed by atoms with E-state index in [1.807, 2.05) is 48.2 Å². The van der Waals surface area contributed by atoms with E-state index < -0.39 is 17.9 Å². The average molecular weight is 436 g/mol. The summed E-state index contributed by atoms with van der Waals surface area (Å²) in [6.07, 6.45) is 2.77. The van der Waals surface area contributed by atoms with Crippen LogP contribution in [0.3, 0.4) is 0 Å². The molecule has 2 bridgehead atoms. The van der Waals surface area contributed by atoms with E-state index in [0.29, 0.717) is 12.2 Å². The van der Waals surface area contributed by atoms with Gasteiger partial charge in [0.25, 0.3) is 5.56 Å². The molecule has 0 spiro atoms. The SMILES string of the molecule is C[C@@H](NC(=O)[C@H]1[C@H](CO)[C@H]2Cn3c(cccc3=O)[C@@H]1N2C(=O)C1CCC1)c1ccccc1. The Morgan fingerprint density at radius 2 is 1.88 bits per heavy atom. The Kier molecular flexibility index (Phi) is 5.37. The van der Waals surface area contributed by atoms with Crippen LogP contribution in [0.4, 0.5) is 0 Å². The highest BCUT2D eigenvalue weighted by Crippen LogP contribution is 2.50. The topological polar surface area (TPSA) is 91.6 Å². The van der Waals surface area contributed by atoms with Crippen LogP contribution in [-0.4, -0.2) is 39.0 Å². The van der Waals surface area contributed by atoms with Crippen molar-refractivity contribution >= 4 is 11.8 Å². The Morgan fingerprint density at radius 1 is 1.12 bits per heavy atom. The Labute approximate surface area is 187 Å². The highest BCUT2D eigenvalue weighted by atomic mass is 16.3. The summed E-state index contributed by atoms with van der Waals surface area (Å²) in [5, 5.41) is 13.4. The van der Waals surface area contributed by atoms with Crippen molar-refractivity contribution in [3.8, 4) is 0 Å². The zero-order valence-corrected chi connectivity index (χ0v) is 18.2. The Hall–Kier alpha value is -2.93. The second-order valence-electron chi connectivity index (χ2n) is 9.30. The molecule has 2 amide bonds. The number of fused-ring (bicyclic) bond motifs is 4. The maximum Gasteiger partial charge on any atom is 0.250 e. The highest BCUT2D eigenvalue weighted by Gasteiger charge is 2.58. The predicted octanol–water partition coefficient (Wildman–Crippen LogP) is 2.02. The molecule has 3 heterocycles. The van der Waals surface area contributed by atoms with Crippen LogP contribution in [0.15, 0.2) is 53.3 Å². The molecule has 1 saturated carbocycles. The molecular weight excluding hydrogens is 406 g/mol. The molecule has 1 aromatic carbocycles. The van der Waals surface area contributed by atoms with Crippen LogP contribution in [-0.2, 0) is 16.1 Å². The third kappa shape index (κ3) is 3.26. The summed E-state index contributed by atoms with van der Waals surface area (Å²) >= 11 is 0. The van der Waals surface area contributed by atoms with Gasteiger partial charge in [0.1, 0.15) is 0 Å². The van der Waals surface area contributed by atoms with Crippen molar-refractivity contribution in [3.63, 3.8) is 0 Å². The fraction of sp³-hybridized carbons (Fsp3) is 0.480. The van der Waals surface area contributed by atoms with E-state index in [-0.39, 0.29) is 42.0 Å². The van der Waals surface area contributed by atoms with Crippen LogP contribution >= 0.6 is 0 Å². The minimum absolute atomic E-state index is 0.0219. The first-order valence-electron chi connectivity index (χ1n) is 11.5. The molecule has 0 radical (unpaired) electrons. The number of aliphatic hydroxyl groups excluding tert-OH is 1. The number of hydrogen-bond donors (Lipinski definition) is 2. The number of aliphatic hydroxyl groups is 1. The summed E-state index contributed by atoms with van der Waals surface area (Å²) in [7, 11) is 0. The van der Waals surface area contributed by atoms with Crippen molar-refractivity contribution in [2.24, 2.45) is 17.8 Å². The lowest BCUT2D eigenvalue weighted by Crippen LogP contribution is -2.51. The summed E-state index contributed by atoms with van der Waals surface area (Å²) < 4.78 is 1.68.